The fourth-order valence-corrected chi connectivity index (χ4v) is 1.89. The molecule has 1 amide bonds. The summed E-state index contributed by atoms with van der Waals surface area (Å²) in [5, 5.41) is 3.20. The van der Waals surface area contributed by atoms with E-state index in [1.54, 1.807) is 24.4 Å². The van der Waals surface area contributed by atoms with Crippen LogP contribution in [0, 0.1) is 0 Å². The van der Waals surface area contributed by atoms with Crippen molar-refractivity contribution < 1.29 is 4.79 Å². The summed E-state index contributed by atoms with van der Waals surface area (Å²) in [6.07, 6.45) is 4.05. The smallest absolute Gasteiger partial charge is 0.240 e. The van der Waals surface area contributed by atoms with Crippen LogP contribution >= 0.6 is 0 Å². The van der Waals surface area contributed by atoms with Crippen molar-refractivity contribution >= 4 is 5.91 Å². The van der Waals surface area contributed by atoms with Crippen LogP contribution in [0.1, 0.15) is 11.4 Å². The Balaban J connectivity index is 2.03. The quantitative estimate of drug-likeness (QED) is 0.709. The fourth-order valence-electron chi connectivity index (χ4n) is 1.89. The number of carbonyl (C=O) groups is 1. The summed E-state index contributed by atoms with van der Waals surface area (Å²) in [4.78, 5) is 20.9. The Morgan fingerprint density at radius 1 is 1.81 bits per heavy atom. The third kappa shape index (κ3) is 1.99. The molecule has 1 aliphatic heterocycles. The molecule has 1 aliphatic rings. The van der Waals surface area contributed by atoms with Crippen LogP contribution in [0.15, 0.2) is 19.0 Å². The first-order valence-electron chi connectivity index (χ1n) is 5.32. The monoisotopic (exact) mass is 220 g/mol. The highest BCUT2D eigenvalue weighted by molar-refractivity contribution is 5.82. The molecule has 5 heteroatoms. The molecule has 0 aromatic carbocycles. The van der Waals surface area contributed by atoms with Gasteiger partial charge >= 0.3 is 0 Å². The van der Waals surface area contributed by atoms with E-state index in [4.69, 9.17) is 0 Å². The van der Waals surface area contributed by atoms with Crippen LogP contribution in [-0.4, -0.2) is 40.4 Å². The van der Waals surface area contributed by atoms with Crippen molar-refractivity contribution in [2.75, 3.05) is 13.6 Å². The van der Waals surface area contributed by atoms with Gasteiger partial charge in [0.2, 0.25) is 5.91 Å². The molecule has 5 nitrogen and oxygen atoms in total. The number of nitrogens with zero attached hydrogens (tertiary/aromatic N) is 2. The van der Waals surface area contributed by atoms with Crippen LogP contribution < -0.4 is 5.32 Å². The third-order valence-corrected chi connectivity index (χ3v) is 2.81. The minimum atomic E-state index is -0.166. The Hall–Kier alpha value is -1.62. The number of hydrogen-bond donors (Lipinski definition) is 2. The fraction of sp³-hybridized carbons (Fsp3) is 0.455. The van der Waals surface area contributed by atoms with Gasteiger partial charge in [-0.2, -0.15) is 0 Å². The molecule has 0 saturated heterocycles. The maximum Gasteiger partial charge on any atom is 0.240 e. The van der Waals surface area contributed by atoms with Crippen molar-refractivity contribution in [3.05, 3.63) is 30.4 Å². The lowest BCUT2D eigenvalue weighted by Crippen LogP contribution is -2.48. The topological polar surface area (TPSA) is 61.0 Å². The van der Waals surface area contributed by atoms with Gasteiger partial charge in [0.15, 0.2) is 0 Å². The van der Waals surface area contributed by atoms with Crippen LogP contribution in [0.3, 0.4) is 0 Å². The number of amides is 1. The van der Waals surface area contributed by atoms with E-state index < -0.39 is 0 Å². The van der Waals surface area contributed by atoms with E-state index in [2.05, 4.69) is 21.9 Å². The zero-order chi connectivity index (χ0) is 11.5. The molecule has 86 valence electrons. The number of aromatic amines is 1. The standard InChI is InChI=1S/C11H16N4O/c1-3-4-15(2)11(16)9-5-8-10(6-12-9)14-7-13-8/h3,7,9,12H,1,4-6H2,2H3,(H,13,14). The number of likely N-dealkylation sites (N-methyl/N-ethyl adjacent to an activating group) is 1. The zero-order valence-electron chi connectivity index (χ0n) is 9.36. The van der Waals surface area contributed by atoms with Crippen LogP contribution in [0.4, 0.5) is 0 Å². The highest BCUT2D eigenvalue weighted by atomic mass is 16.2. The molecule has 1 aromatic rings. The maximum atomic E-state index is 12.0. The Bertz CT molecular complexity index is 398. The molecule has 2 rings (SSSR count). The van der Waals surface area contributed by atoms with Crippen LogP contribution in [0.25, 0.3) is 0 Å². The van der Waals surface area contributed by atoms with Crippen molar-refractivity contribution in [3.63, 3.8) is 0 Å². The van der Waals surface area contributed by atoms with E-state index in [0.29, 0.717) is 19.5 Å². The van der Waals surface area contributed by atoms with Crippen LogP contribution in [0.2, 0.25) is 0 Å². The average Bonchev–Trinajstić information content (AvgIpc) is 2.75. The van der Waals surface area contributed by atoms with Crippen LogP contribution in [-0.2, 0) is 17.8 Å². The second-order valence-corrected chi connectivity index (χ2v) is 3.97. The first kappa shape index (κ1) is 10.9. The molecule has 0 saturated carbocycles. The largest absolute Gasteiger partial charge is 0.347 e. The SMILES string of the molecule is C=CCN(C)C(=O)C1Cc2nc[nH]c2CN1. The minimum absolute atomic E-state index is 0.0913. The highest BCUT2D eigenvalue weighted by Gasteiger charge is 2.27. The predicted octanol–water partition coefficient (Wildman–Crippen LogP) is 0.0684. The van der Waals surface area contributed by atoms with Gasteiger partial charge in [0.25, 0.3) is 0 Å². The lowest BCUT2D eigenvalue weighted by molar-refractivity contribution is -0.131. The second-order valence-electron chi connectivity index (χ2n) is 3.97. The number of carbonyl (C=O) groups excluding carboxylic acids is 1. The van der Waals surface area contributed by atoms with Gasteiger partial charge in [-0.1, -0.05) is 6.08 Å². The van der Waals surface area contributed by atoms with Crippen molar-refractivity contribution in [1.29, 1.82) is 0 Å². The van der Waals surface area contributed by atoms with E-state index in [1.165, 1.54) is 0 Å². The molecule has 0 spiro atoms. The molecule has 1 aromatic heterocycles. The lowest BCUT2D eigenvalue weighted by Gasteiger charge is -2.26. The number of rotatable bonds is 3. The Morgan fingerprint density at radius 3 is 3.38 bits per heavy atom. The first-order chi connectivity index (χ1) is 7.72. The number of nitrogens with one attached hydrogen (secondary N) is 2. The molecule has 0 bridgehead atoms. The van der Waals surface area contributed by atoms with E-state index in [9.17, 15) is 4.79 Å². The van der Waals surface area contributed by atoms with Gasteiger partial charge in [-0.05, 0) is 0 Å². The molecule has 0 fully saturated rings. The summed E-state index contributed by atoms with van der Waals surface area (Å²) in [6.45, 7) is 4.87. The van der Waals surface area contributed by atoms with Crippen LogP contribution in [0.5, 0.6) is 0 Å². The third-order valence-electron chi connectivity index (χ3n) is 2.81. The molecule has 0 aliphatic carbocycles. The molecular weight excluding hydrogens is 204 g/mol. The first-order valence-corrected chi connectivity index (χ1v) is 5.32. The maximum absolute atomic E-state index is 12.0. The van der Waals surface area contributed by atoms with E-state index >= 15 is 0 Å². The van der Waals surface area contributed by atoms with E-state index in [1.807, 2.05) is 0 Å². The summed E-state index contributed by atoms with van der Waals surface area (Å²) in [5.74, 6) is 0.0913. The zero-order valence-corrected chi connectivity index (χ0v) is 9.36. The normalized spacial score (nSPS) is 18.9. The summed E-state index contributed by atoms with van der Waals surface area (Å²) in [5.41, 5.74) is 2.07. The Labute approximate surface area is 94.6 Å². The summed E-state index contributed by atoms with van der Waals surface area (Å²) >= 11 is 0. The Kier molecular flexibility index (Phi) is 3.05. The molecule has 1 unspecified atom stereocenters. The average molecular weight is 220 g/mol. The molecule has 2 heterocycles. The molecule has 16 heavy (non-hydrogen) atoms. The molecular formula is C11H16N4O. The van der Waals surface area contributed by atoms with E-state index in [-0.39, 0.29) is 11.9 Å². The van der Waals surface area contributed by atoms with Gasteiger partial charge in [-0.25, -0.2) is 4.98 Å². The van der Waals surface area contributed by atoms with Crippen molar-refractivity contribution in [2.45, 2.75) is 19.0 Å². The number of imidazole rings is 1. The summed E-state index contributed by atoms with van der Waals surface area (Å²) < 4.78 is 0. The van der Waals surface area contributed by atoms with Crippen molar-refractivity contribution in [2.24, 2.45) is 0 Å². The van der Waals surface area contributed by atoms with Gasteiger partial charge in [-0.15, -0.1) is 6.58 Å². The highest BCUT2D eigenvalue weighted by Crippen LogP contribution is 2.13. The second kappa shape index (κ2) is 4.49. The van der Waals surface area contributed by atoms with Gasteiger partial charge in [0, 0.05) is 26.6 Å². The van der Waals surface area contributed by atoms with Gasteiger partial charge in [0.05, 0.1) is 23.8 Å². The minimum Gasteiger partial charge on any atom is -0.347 e. The van der Waals surface area contributed by atoms with Gasteiger partial charge in [0.1, 0.15) is 0 Å². The van der Waals surface area contributed by atoms with E-state index in [0.717, 1.165) is 11.4 Å². The molecule has 1 atom stereocenters. The molecule has 0 radical (unpaired) electrons. The number of hydrogen-bond acceptors (Lipinski definition) is 3. The number of fused-ring (bicyclic) bond motifs is 1. The lowest BCUT2D eigenvalue weighted by atomic mass is 10.0. The van der Waals surface area contributed by atoms with Gasteiger partial charge < -0.3 is 9.88 Å². The summed E-state index contributed by atoms with van der Waals surface area (Å²) in [6, 6.07) is -0.166. The van der Waals surface area contributed by atoms with Crippen molar-refractivity contribution in [3.8, 4) is 0 Å². The number of H-pyrrole nitrogens is 1. The number of aromatic nitrogens is 2. The molecule has 2 N–H and O–H groups in total. The summed E-state index contributed by atoms with van der Waals surface area (Å²) in [7, 11) is 1.78. The Morgan fingerprint density at radius 2 is 2.62 bits per heavy atom. The van der Waals surface area contributed by atoms with Gasteiger partial charge in [-0.3, -0.25) is 10.1 Å². The van der Waals surface area contributed by atoms with Crippen molar-refractivity contribution in [1.82, 2.24) is 20.2 Å². The predicted molar refractivity (Wildman–Crippen MR) is 60.8 cm³/mol.